The summed E-state index contributed by atoms with van der Waals surface area (Å²) in [5.41, 5.74) is 2.03. The number of carbonyl (C=O) groups is 2. The van der Waals surface area contributed by atoms with Crippen LogP contribution in [0.25, 0.3) is 10.9 Å². The largest absolute Gasteiger partial charge is 0.361 e. The van der Waals surface area contributed by atoms with Crippen LogP contribution in [0.15, 0.2) is 30.5 Å². The maximum Gasteiger partial charge on any atom is 0.224 e. The van der Waals surface area contributed by atoms with Crippen LogP contribution in [0.3, 0.4) is 0 Å². The van der Waals surface area contributed by atoms with E-state index in [4.69, 9.17) is 0 Å². The molecular weight excluding hydrogens is 290 g/mol. The molecule has 2 amide bonds. The number of rotatable bonds is 7. The maximum atomic E-state index is 12.1. The fourth-order valence-electron chi connectivity index (χ4n) is 2.66. The normalized spacial score (nSPS) is 11.0. The predicted molar refractivity (Wildman–Crippen MR) is 92.1 cm³/mol. The van der Waals surface area contributed by atoms with Gasteiger partial charge in [0.05, 0.1) is 6.42 Å². The van der Waals surface area contributed by atoms with Crippen LogP contribution in [0.4, 0.5) is 0 Å². The first-order chi connectivity index (χ1) is 11.0. The van der Waals surface area contributed by atoms with Gasteiger partial charge in [0.1, 0.15) is 0 Å². The summed E-state index contributed by atoms with van der Waals surface area (Å²) < 4.78 is 0. The van der Waals surface area contributed by atoms with Gasteiger partial charge in [-0.25, -0.2) is 0 Å². The standard InChI is InChI=1S/C18H25N3O2/c1-13(2)12-21(14(3)22)9-8-19-18(23)10-15-11-20-17-7-5-4-6-16(15)17/h4-7,11,13,20H,8-10,12H2,1-3H3,(H,19,23). The Balaban J connectivity index is 1.84. The Bertz CT molecular complexity index is 676. The lowest BCUT2D eigenvalue weighted by Crippen LogP contribution is -2.39. The van der Waals surface area contributed by atoms with Crippen molar-refractivity contribution in [1.29, 1.82) is 0 Å². The van der Waals surface area contributed by atoms with Gasteiger partial charge in [-0.2, -0.15) is 0 Å². The molecule has 23 heavy (non-hydrogen) atoms. The lowest BCUT2D eigenvalue weighted by molar-refractivity contribution is -0.130. The molecule has 2 N–H and O–H groups in total. The van der Waals surface area contributed by atoms with Gasteiger partial charge in [-0.05, 0) is 17.5 Å². The minimum Gasteiger partial charge on any atom is -0.361 e. The molecule has 0 unspecified atom stereocenters. The highest BCUT2D eigenvalue weighted by Crippen LogP contribution is 2.17. The Labute approximate surface area is 137 Å². The summed E-state index contributed by atoms with van der Waals surface area (Å²) in [6.07, 6.45) is 2.22. The number of hydrogen-bond donors (Lipinski definition) is 2. The number of hydrogen-bond acceptors (Lipinski definition) is 2. The quantitative estimate of drug-likeness (QED) is 0.823. The highest BCUT2D eigenvalue weighted by molar-refractivity contribution is 5.88. The molecule has 0 aliphatic heterocycles. The van der Waals surface area contributed by atoms with E-state index in [0.29, 0.717) is 32.0 Å². The summed E-state index contributed by atoms with van der Waals surface area (Å²) in [6.45, 7) is 7.46. The number of carbonyl (C=O) groups excluding carboxylic acids is 2. The molecule has 5 heteroatoms. The van der Waals surface area contributed by atoms with Gasteiger partial charge in [0, 0.05) is 43.7 Å². The zero-order chi connectivity index (χ0) is 16.8. The van der Waals surface area contributed by atoms with Gasteiger partial charge in [0.2, 0.25) is 11.8 Å². The SMILES string of the molecule is CC(=O)N(CCNC(=O)Cc1c[nH]c2ccccc12)CC(C)C. The summed E-state index contributed by atoms with van der Waals surface area (Å²) in [4.78, 5) is 28.6. The lowest BCUT2D eigenvalue weighted by Gasteiger charge is -2.23. The Morgan fingerprint density at radius 2 is 2.00 bits per heavy atom. The van der Waals surface area contributed by atoms with E-state index in [2.05, 4.69) is 24.1 Å². The average Bonchev–Trinajstić information content (AvgIpc) is 2.89. The van der Waals surface area contributed by atoms with E-state index in [-0.39, 0.29) is 11.8 Å². The van der Waals surface area contributed by atoms with Crippen LogP contribution in [-0.2, 0) is 16.0 Å². The van der Waals surface area contributed by atoms with Gasteiger partial charge >= 0.3 is 0 Å². The molecule has 0 radical (unpaired) electrons. The summed E-state index contributed by atoms with van der Waals surface area (Å²) in [6, 6.07) is 7.93. The topological polar surface area (TPSA) is 65.2 Å². The molecule has 124 valence electrons. The van der Waals surface area contributed by atoms with Crippen LogP contribution in [0, 0.1) is 5.92 Å². The van der Waals surface area contributed by atoms with E-state index in [1.807, 2.05) is 30.5 Å². The highest BCUT2D eigenvalue weighted by Gasteiger charge is 2.12. The van der Waals surface area contributed by atoms with Crippen molar-refractivity contribution in [2.75, 3.05) is 19.6 Å². The third kappa shape index (κ3) is 4.84. The lowest BCUT2D eigenvalue weighted by atomic mass is 10.1. The molecule has 1 aromatic heterocycles. The van der Waals surface area contributed by atoms with Gasteiger partial charge in [-0.15, -0.1) is 0 Å². The van der Waals surface area contributed by atoms with E-state index < -0.39 is 0 Å². The first kappa shape index (κ1) is 17.1. The first-order valence-electron chi connectivity index (χ1n) is 8.04. The minimum atomic E-state index is -0.0252. The second kappa shape index (κ2) is 7.81. The van der Waals surface area contributed by atoms with E-state index >= 15 is 0 Å². The number of aromatic nitrogens is 1. The third-order valence-electron chi connectivity index (χ3n) is 3.76. The number of benzene rings is 1. The van der Waals surface area contributed by atoms with Gasteiger partial charge < -0.3 is 15.2 Å². The Kier molecular flexibility index (Phi) is 5.79. The zero-order valence-corrected chi connectivity index (χ0v) is 14.1. The molecule has 0 spiro atoms. The molecule has 1 heterocycles. The smallest absolute Gasteiger partial charge is 0.224 e. The summed E-state index contributed by atoms with van der Waals surface area (Å²) >= 11 is 0. The van der Waals surface area contributed by atoms with Crippen molar-refractivity contribution in [3.63, 3.8) is 0 Å². The number of amides is 2. The molecule has 2 rings (SSSR count). The zero-order valence-electron chi connectivity index (χ0n) is 14.1. The molecule has 0 aliphatic rings. The van der Waals surface area contributed by atoms with E-state index in [1.165, 1.54) is 0 Å². The van der Waals surface area contributed by atoms with Crippen LogP contribution in [-0.4, -0.2) is 41.3 Å². The van der Waals surface area contributed by atoms with Crippen molar-refractivity contribution in [3.05, 3.63) is 36.0 Å². The van der Waals surface area contributed by atoms with Crippen molar-refractivity contribution < 1.29 is 9.59 Å². The monoisotopic (exact) mass is 315 g/mol. The van der Waals surface area contributed by atoms with Crippen LogP contribution < -0.4 is 5.32 Å². The highest BCUT2D eigenvalue weighted by atomic mass is 16.2. The predicted octanol–water partition coefficient (Wildman–Crippen LogP) is 2.33. The number of aromatic amines is 1. The molecule has 0 fully saturated rings. The average molecular weight is 315 g/mol. The summed E-state index contributed by atoms with van der Waals surface area (Å²) in [5.74, 6) is 0.438. The molecule has 0 saturated carbocycles. The van der Waals surface area contributed by atoms with Crippen LogP contribution in [0.5, 0.6) is 0 Å². The van der Waals surface area contributed by atoms with Gasteiger partial charge in [0.15, 0.2) is 0 Å². The van der Waals surface area contributed by atoms with Crippen molar-refractivity contribution in [2.24, 2.45) is 5.92 Å². The van der Waals surface area contributed by atoms with Gasteiger partial charge in [-0.3, -0.25) is 9.59 Å². The molecule has 0 aliphatic carbocycles. The van der Waals surface area contributed by atoms with E-state index in [0.717, 1.165) is 16.5 Å². The van der Waals surface area contributed by atoms with Crippen molar-refractivity contribution in [2.45, 2.75) is 27.2 Å². The second-order valence-electron chi connectivity index (χ2n) is 6.25. The second-order valence-corrected chi connectivity index (χ2v) is 6.25. The number of para-hydroxylation sites is 1. The van der Waals surface area contributed by atoms with E-state index in [1.54, 1.807) is 11.8 Å². The summed E-state index contributed by atoms with van der Waals surface area (Å²) in [7, 11) is 0. The fourth-order valence-corrected chi connectivity index (χ4v) is 2.66. The third-order valence-corrected chi connectivity index (χ3v) is 3.76. The molecule has 1 aromatic carbocycles. The Hall–Kier alpha value is -2.30. The van der Waals surface area contributed by atoms with Gasteiger partial charge in [0.25, 0.3) is 0 Å². The van der Waals surface area contributed by atoms with Crippen LogP contribution in [0.1, 0.15) is 26.3 Å². The minimum absolute atomic E-state index is 0.0252. The molecule has 2 aromatic rings. The number of nitrogens with one attached hydrogen (secondary N) is 2. The van der Waals surface area contributed by atoms with Crippen LogP contribution in [0.2, 0.25) is 0 Å². The molecule has 0 atom stereocenters. The Morgan fingerprint density at radius 1 is 1.26 bits per heavy atom. The van der Waals surface area contributed by atoms with Crippen LogP contribution >= 0.6 is 0 Å². The first-order valence-corrected chi connectivity index (χ1v) is 8.04. The maximum absolute atomic E-state index is 12.1. The molecular formula is C18H25N3O2. The van der Waals surface area contributed by atoms with E-state index in [9.17, 15) is 9.59 Å². The number of fused-ring (bicyclic) bond motifs is 1. The van der Waals surface area contributed by atoms with Crippen molar-refractivity contribution in [3.8, 4) is 0 Å². The molecule has 0 saturated heterocycles. The van der Waals surface area contributed by atoms with Gasteiger partial charge in [-0.1, -0.05) is 32.0 Å². The molecule has 5 nitrogen and oxygen atoms in total. The number of H-pyrrole nitrogens is 1. The number of nitrogens with zero attached hydrogens (tertiary/aromatic N) is 1. The van der Waals surface area contributed by atoms with Crippen molar-refractivity contribution in [1.82, 2.24) is 15.2 Å². The fraction of sp³-hybridized carbons (Fsp3) is 0.444. The van der Waals surface area contributed by atoms with Crippen molar-refractivity contribution >= 4 is 22.7 Å². The Morgan fingerprint density at radius 3 is 2.70 bits per heavy atom. The summed E-state index contributed by atoms with van der Waals surface area (Å²) in [5, 5.41) is 3.97. The molecule has 0 bridgehead atoms.